The Labute approximate surface area is 89.2 Å². The first kappa shape index (κ1) is 11.2. The number of pyridine rings is 1. The zero-order valence-electron chi connectivity index (χ0n) is 8.68. The summed E-state index contributed by atoms with van der Waals surface area (Å²) >= 11 is 0. The summed E-state index contributed by atoms with van der Waals surface area (Å²) in [5.41, 5.74) is 6.04. The number of nitrogens with two attached hydrogens (primary N) is 1. The molecule has 3 N–H and O–H groups in total. The second kappa shape index (κ2) is 5.80. The predicted octanol–water partition coefficient (Wildman–Crippen LogP) is 1.54. The summed E-state index contributed by atoms with van der Waals surface area (Å²) in [6.07, 6.45) is 8.21. The number of carbonyl (C=O) groups excluding carboxylic acids is 1. The van der Waals surface area contributed by atoms with Crippen molar-refractivity contribution < 1.29 is 4.79 Å². The van der Waals surface area contributed by atoms with Crippen molar-refractivity contribution in [2.75, 3.05) is 0 Å². The summed E-state index contributed by atoms with van der Waals surface area (Å²) in [7, 11) is 0. The van der Waals surface area contributed by atoms with Gasteiger partial charge < -0.3 is 11.1 Å². The van der Waals surface area contributed by atoms with Crippen molar-refractivity contribution in [3.63, 3.8) is 0 Å². The number of nitrogens with zero attached hydrogens (tertiary/aromatic N) is 1. The molecule has 0 bridgehead atoms. The van der Waals surface area contributed by atoms with Gasteiger partial charge in [-0.2, -0.15) is 0 Å². The van der Waals surface area contributed by atoms with E-state index in [9.17, 15) is 4.79 Å². The highest BCUT2D eigenvalue weighted by atomic mass is 16.2. The van der Waals surface area contributed by atoms with Gasteiger partial charge in [0.15, 0.2) is 0 Å². The van der Waals surface area contributed by atoms with Gasteiger partial charge in [0.1, 0.15) is 0 Å². The standard InChI is InChI=1S/C11H15N3O/c1-9(14-11(12)15)4-2-5-10-6-3-7-13-8-10/h2-3,5-9H,4H2,1H3,(H3,12,14,15)/b5-2+/t9-/m1/s1. The van der Waals surface area contributed by atoms with Gasteiger partial charge in [0, 0.05) is 18.4 Å². The molecule has 0 aliphatic rings. The largest absolute Gasteiger partial charge is 0.352 e. The van der Waals surface area contributed by atoms with Crippen molar-refractivity contribution in [3.05, 3.63) is 36.2 Å². The van der Waals surface area contributed by atoms with E-state index in [4.69, 9.17) is 5.73 Å². The van der Waals surface area contributed by atoms with E-state index < -0.39 is 6.03 Å². The summed E-state index contributed by atoms with van der Waals surface area (Å²) in [5.74, 6) is 0. The van der Waals surface area contributed by atoms with E-state index in [1.165, 1.54) is 0 Å². The van der Waals surface area contributed by atoms with Gasteiger partial charge >= 0.3 is 6.03 Å². The Balaban J connectivity index is 2.37. The molecular weight excluding hydrogens is 190 g/mol. The molecule has 4 heteroatoms. The number of carbonyl (C=O) groups is 1. The SMILES string of the molecule is C[C@H](C/C=C/c1cccnc1)NC(N)=O. The lowest BCUT2D eigenvalue weighted by Gasteiger charge is -2.08. The van der Waals surface area contributed by atoms with E-state index in [2.05, 4.69) is 10.3 Å². The summed E-state index contributed by atoms with van der Waals surface area (Å²) in [6.45, 7) is 1.90. The maximum Gasteiger partial charge on any atom is 0.312 e. The molecule has 4 nitrogen and oxygen atoms in total. The number of amides is 2. The highest BCUT2D eigenvalue weighted by Gasteiger charge is 1.99. The predicted molar refractivity (Wildman–Crippen MR) is 60.1 cm³/mol. The number of aromatic nitrogens is 1. The van der Waals surface area contributed by atoms with Crippen molar-refractivity contribution in [3.8, 4) is 0 Å². The van der Waals surface area contributed by atoms with Gasteiger partial charge in [-0.05, 0) is 25.0 Å². The highest BCUT2D eigenvalue weighted by molar-refractivity contribution is 5.71. The number of hydrogen-bond donors (Lipinski definition) is 2. The van der Waals surface area contributed by atoms with Crippen LogP contribution in [0, 0.1) is 0 Å². The fourth-order valence-electron chi connectivity index (χ4n) is 1.18. The molecule has 0 fully saturated rings. The van der Waals surface area contributed by atoms with Gasteiger partial charge in [-0.25, -0.2) is 4.79 Å². The molecule has 80 valence electrons. The molecule has 0 spiro atoms. The third kappa shape index (κ3) is 4.81. The van der Waals surface area contributed by atoms with Crippen LogP contribution in [0.1, 0.15) is 18.9 Å². The average Bonchev–Trinajstić information content (AvgIpc) is 2.18. The molecule has 0 radical (unpaired) electrons. The Morgan fingerprint density at radius 2 is 2.53 bits per heavy atom. The van der Waals surface area contributed by atoms with Crippen LogP contribution in [-0.2, 0) is 0 Å². The van der Waals surface area contributed by atoms with Gasteiger partial charge in [0.2, 0.25) is 0 Å². The molecule has 0 unspecified atom stereocenters. The van der Waals surface area contributed by atoms with Crippen LogP contribution in [0.3, 0.4) is 0 Å². The van der Waals surface area contributed by atoms with Crippen LogP contribution in [0.5, 0.6) is 0 Å². The van der Waals surface area contributed by atoms with Crippen LogP contribution in [0.15, 0.2) is 30.6 Å². The minimum absolute atomic E-state index is 0.0513. The third-order valence-corrected chi connectivity index (χ3v) is 1.87. The first-order valence-electron chi connectivity index (χ1n) is 4.81. The fraction of sp³-hybridized carbons (Fsp3) is 0.273. The minimum Gasteiger partial charge on any atom is -0.352 e. The van der Waals surface area contributed by atoms with Crippen molar-refractivity contribution in [2.45, 2.75) is 19.4 Å². The molecule has 15 heavy (non-hydrogen) atoms. The highest BCUT2D eigenvalue weighted by Crippen LogP contribution is 2.01. The van der Waals surface area contributed by atoms with Crippen molar-refractivity contribution in [1.29, 1.82) is 0 Å². The van der Waals surface area contributed by atoms with E-state index >= 15 is 0 Å². The van der Waals surface area contributed by atoms with Gasteiger partial charge in [-0.3, -0.25) is 4.98 Å². The third-order valence-electron chi connectivity index (χ3n) is 1.87. The van der Waals surface area contributed by atoms with Crippen LogP contribution in [0.2, 0.25) is 0 Å². The number of primary amides is 1. The van der Waals surface area contributed by atoms with Gasteiger partial charge in [-0.1, -0.05) is 18.2 Å². The van der Waals surface area contributed by atoms with Crippen LogP contribution in [-0.4, -0.2) is 17.1 Å². The minimum atomic E-state index is -0.489. The van der Waals surface area contributed by atoms with Crippen molar-refractivity contribution in [1.82, 2.24) is 10.3 Å². The average molecular weight is 205 g/mol. The molecule has 1 rings (SSSR count). The first-order valence-corrected chi connectivity index (χ1v) is 4.81. The van der Waals surface area contributed by atoms with E-state index in [0.717, 1.165) is 12.0 Å². The van der Waals surface area contributed by atoms with E-state index in [0.29, 0.717) is 0 Å². The van der Waals surface area contributed by atoms with Crippen molar-refractivity contribution >= 4 is 12.1 Å². The first-order chi connectivity index (χ1) is 7.18. The molecular formula is C11H15N3O. The number of nitrogens with one attached hydrogen (secondary N) is 1. The Hall–Kier alpha value is -1.84. The Morgan fingerprint density at radius 3 is 3.13 bits per heavy atom. The lowest BCUT2D eigenvalue weighted by molar-refractivity contribution is 0.246. The maximum absolute atomic E-state index is 10.5. The molecule has 0 aliphatic carbocycles. The molecule has 0 saturated heterocycles. The fourth-order valence-corrected chi connectivity index (χ4v) is 1.18. The lowest BCUT2D eigenvalue weighted by atomic mass is 10.2. The summed E-state index contributed by atoms with van der Waals surface area (Å²) in [4.78, 5) is 14.5. The Morgan fingerprint density at radius 1 is 1.73 bits per heavy atom. The summed E-state index contributed by atoms with van der Waals surface area (Å²) < 4.78 is 0. The molecule has 0 aliphatic heterocycles. The monoisotopic (exact) mass is 205 g/mol. The van der Waals surface area contributed by atoms with Crippen molar-refractivity contribution in [2.24, 2.45) is 5.73 Å². The van der Waals surface area contributed by atoms with E-state index in [1.54, 1.807) is 12.4 Å². The normalized spacial score (nSPS) is 12.6. The smallest absolute Gasteiger partial charge is 0.312 e. The van der Waals surface area contributed by atoms with Gasteiger partial charge in [-0.15, -0.1) is 0 Å². The number of hydrogen-bond acceptors (Lipinski definition) is 2. The van der Waals surface area contributed by atoms with Gasteiger partial charge in [0.05, 0.1) is 0 Å². The molecule has 1 aromatic rings. The second-order valence-electron chi connectivity index (χ2n) is 3.33. The van der Waals surface area contributed by atoms with Crippen LogP contribution >= 0.6 is 0 Å². The topological polar surface area (TPSA) is 68.0 Å². The second-order valence-corrected chi connectivity index (χ2v) is 3.33. The lowest BCUT2D eigenvalue weighted by Crippen LogP contribution is -2.36. The number of urea groups is 1. The Bertz CT molecular complexity index is 335. The molecule has 0 saturated carbocycles. The summed E-state index contributed by atoms with van der Waals surface area (Å²) in [5, 5.41) is 2.60. The molecule has 1 aromatic heterocycles. The number of rotatable bonds is 4. The Kier molecular flexibility index (Phi) is 4.34. The summed E-state index contributed by atoms with van der Waals surface area (Å²) in [6, 6.07) is 3.41. The maximum atomic E-state index is 10.5. The quantitative estimate of drug-likeness (QED) is 0.782. The molecule has 1 atom stereocenters. The molecule has 0 aromatic carbocycles. The van der Waals surface area contributed by atoms with Crippen LogP contribution < -0.4 is 11.1 Å². The zero-order chi connectivity index (χ0) is 11.1. The zero-order valence-corrected chi connectivity index (χ0v) is 8.68. The van der Waals surface area contributed by atoms with Crippen LogP contribution in [0.4, 0.5) is 4.79 Å². The molecule has 1 heterocycles. The molecule has 2 amide bonds. The van der Waals surface area contributed by atoms with Crippen LogP contribution in [0.25, 0.3) is 6.08 Å². The van der Waals surface area contributed by atoms with E-state index in [-0.39, 0.29) is 6.04 Å². The van der Waals surface area contributed by atoms with Gasteiger partial charge in [0.25, 0.3) is 0 Å². The van der Waals surface area contributed by atoms with E-state index in [1.807, 2.05) is 31.2 Å².